The van der Waals surface area contributed by atoms with Crippen LogP contribution >= 0.6 is 0 Å². The van der Waals surface area contributed by atoms with Gasteiger partial charge in [-0.15, -0.1) is 0 Å². The van der Waals surface area contributed by atoms with Crippen molar-refractivity contribution in [1.82, 2.24) is 4.90 Å². The van der Waals surface area contributed by atoms with Gasteiger partial charge in [-0.1, -0.05) is 37.3 Å². The molecule has 25 heavy (non-hydrogen) atoms. The van der Waals surface area contributed by atoms with Crippen molar-refractivity contribution in [3.05, 3.63) is 65.5 Å². The molecule has 2 aromatic rings. The number of methoxy groups -OCH3 is 1. The summed E-state index contributed by atoms with van der Waals surface area (Å²) in [5.74, 6) is 0.535. The lowest BCUT2D eigenvalue weighted by Gasteiger charge is -2.23. The van der Waals surface area contributed by atoms with Crippen molar-refractivity contribution in [3.63, 3.8) is 0 Å². The van der Waals surface area contributed by atoms with Crippen LogP contribution in [0.25, 0.3) is 0 Å². The van der Waals surface area contributed by atoms with E-state index in [-0.39, 0.29) is 12.4 Å². The number of hydrogen-bond donors (Lipinski definition) is 1. The summed E-state index contributed by atoms with van der Waals surface area (Å²) in [7, 11) is 1.62. The van der Waals surface area contributed by atoms with Gasteiger partial charge in [-0.3, -0.25) is 4.90 Å². The zero-order chi connectivity index (χ0) is 18.1. The van der Waals surface area contributed by atoms with Crippen LogP contribution in [0.3, 0.4) is 0 Å². The van der Waals surface area contributed by atoms with Crippen LogP contribution in [0.15, 0.2) is 48.5 Å². The monoisotopic (exact) mass is 347 g/mol. The number of nitrogens with zero attached hydrogens (tertiary/aromatic N) is 1. The van der Waals surface area contributed by atoms with Crippen molar-refractivity contribution in [2.24, 2.45) is 0 Å². The first kappa shape index (κ1) is 19.4. The molecule has 0 bridgehead atoms. The lowest BCUT2D eigenvalue weighted by Crippen LogP contribution is -2.34. The molecule has 0 saturated carbocycles. The first-order valence-electron chi connectivity index (χ1n) is 8.47. The molecule has 2 rings (SSSR count). The summed E-state index contributed by atoms with van der Waals surface area (Å²) in [6.45, 7) is 4.47. The Morgan fingerprint density at radius 2 is 1.96 bits per heavy atom. The number of likely N-dealkylation sites (N-methyl/N-ethyl adjacent to an activating group) is 1. The van der Waals surface area contributed by atoms with E-state index in [1.807, 2.05) is 37.3 Å². The molecule has 5 heteroatoms. The summed E-state index contributed by atoms with van der Waals surface area (Å²) in [5.41, 5.74) is 1.84. The third kappa shape index (κ3) is 6.46. The van der Waals surface area contributed by atoms with E-state index in [1.165, 1.54) is 12.1 Å². The Morgan fingerprint density at radius 1 is 1.16 bits per heavy atom. The van der Waals surface area contributed by atoms with E-state index in [9.17, 15) is 9.50 Å². The second kappa shape index (κ2) is 10.1. The molecule has 0 spiro atoms. The Hall–Kier alpha value is -1.95. The highest BCUT2D eigenvalue weighted by Gasteiger charge is 2.12. The van der Waals surface area contributed by atoms with Gasteiger partial charge in [0.05, 0.1) is 26.4 Å². The Labute approximate surface area is 148 Å². The molecular formula is C20H26FNO3. The quantitative estimate of drug-likeness (QED) is 0.716. The van der Waals surface area contributed by atoms with E-state index in [1.54, 1.807) is 13.2 Å². The van der Waals surface area contributed by atoms with Gasteiger partial charge in [0.15, 0.2) is 0 Å². The summed E-state index contributed by atoms with van der Waals surface area (Å²) in [6, 6.07) is 14.2. The zero-order valence-electron chi connectivity index (χ0n) is 14.8. The maximum absolute atomic E-state index is 13.3. The molecule has 1 unspecified atom stereocenters. The summed E-state index contributed by atoms with van der Waals surface area (Å²) < 4.78 is 24.2. The molecule has 4 nitrogen and oxygen atoms in total. The lowest BCUT2D eigenvalue weighted by molar-refractivity contribution is 0.00891. The number of benzene rings is 2. The highest BCUT2D eigenvalue weighted by molar-refractivity contribution is 5.32. The van der Waals surface area contributed by atoms with Crippen LogP contribution in [0.2, 0.25) is 0 Å². The second-order valence-corrected chi connectivity index (χ2v) is 5.94. The molecular weight excluding hydrogens is 321 g/mol. The number of rotatable bonds is 10. The van der Waals surface area contributed by atoms with Gasteiger partial charge in [0.2, 0.25) is 0 Å². The van der Waals surface area contributed by atoms with Gasteiger partial charge in [-0.2, -0.15) is 0 Å². The average molecular weight is 347 g/mol. The highest BCUT2D eigenvalue weighted by atomic mass is 19.1. The van der Waals surface area contributed by atoms with E-state index in [0.717, 1.165) is 23.4 Å². The van der Waals surface area contributed by atoms with Crippen molar-refractivity contribution in [2.45, 2.75) is 26.2 Å². The van der Waals surface area contributed by atoms with E-state index >= 15 is 0 Å². The number of aliphatic hydroxyl groups excluding tert-OH is 1. The molecule has 0 amide bonds. The second-order valence-electron chi connectivity index (χ2n) is 5.94. The van der Waals surface area contributed by atoms with Crippen LogP contribution in [0, 0.1) is 5.82 Å². The number of para-hydroxylation sites is 1. The van der Waals surface area contributed by atoms with Crippen LogP contribution in [0.4, 0.5) is 4.39 Å². The largest absolute Gasteiger partial charge is 0.496 e. The third-order valence-corrected chi connectivity index (χ3v) is 3.97. The van der Waals surface area contributed by atoms with Gasteiger partial charge in [-0.05, 0) is 30.3 Å². The molecule has 1 atom stereocenters. The molecule has 0 aliphatic heterocycles. The van der Waals surface area contributed by atoms with E-state index < -0.39 is 6.10 Å². The minimum atomic E-state index is -0.608. The fourth-order valence-electron chi connectivity index (χ4n) is 2.68. The Bertz CT molecular complexity index is 650. The standard InChI is InChI=1S/C20H26FNO3/c1-3-22(12-16-7-6-9-18(21)11-16)13-19(23)15-25-14-17-8-4-5-10-20(17)24-2/h4-11,19,23H,3,12-15H2,1-2H3. The molecule has 0 aromatic heterocycles. The zero-order valence-corrected chi connectivity index (χ0v) is 14.8. The van der Waals surface area contributed by atoms with E-state index in [4.69, 9.17) is 9.47 Å². The fourth-order valence-corrected chi connectivity index (χ4v) is 2.68. The maximum Gasteiger partial charge on any atom is 0.124 e. The molecule has 0 fully saturated rings. The molecule has 136 valence electrons. The summed E-state index contributed by atoms with van der Waals surface area (Å²) in [6.07, 6.45) is -0.608. The first-order chi connectivity index (χ1) is 12.1. The van der Waals surface area contributed by atoms with Crippen LogP contribution < -0.4 is 4.74 Å². The van der Waals surface area contributed by atoms with Gasteiger partial charge < -0.3 is 14.6 Å². The topological polar surface area (TPSA) is 41.9 Å². The van der Waals surface area contributed by atoms with Gasteiger partial charge in [0.1, 0.15) is 11.6 Å². The lowest BCUT2D eigenvalue weighted by atomic mass is 10.2. The molecule has 0 saturated heterocycles. The van der Waals surface area contributed by atoms with Crippen molar-refractivity contribution in [1.29, 1.82) is 0 Å². The van der Waals surface area contributed by atoms with Gasteiger partial charge >= 0.3 is 0 Å². The smallest absolute Gasteiger partial charge is 0.124 e. The van der Waals surface area contributed by atoms with Gasteiger partial charge in [0, 0.05) is 18.7 Å². The minimum Gasteiger partial charge on any atom is -0.496 e. The molecule has 0 aliphatic carbocycles. The summed E-state index contributed by atoms with van der Waals surface area (Å²) in [4.78, 5) is 2.06. The third-order valence-electron chi connectivity index (χ3n) is 3.97. The predicted molar refractivity (Wildman–Crippen MR) is 96.0 cm³/mol. The van der Waals surface area contributed by atoms with Crippen molar-refractivity contribution < 1.29 is 19.0 Å². The SMILES string of the molecule is CCN(Cc1cccc(F)c1)CC(O)COCc1ccccc1OC. The summed E-state index contributed by atoms with van der Waals surface area (Å²) >= 11 is 0. The molecule has 1 N–H and O–H groups in total. The highest BCUT2D eigenvalue weighted by Crippen LogP contribution is 2.18. The summed E-state index contributed by atoms with van der Waals surface area (Å²) in [5, 5.41) is 10.2. The van der Waals surface area contributed by atoms with Crippen molar-refractivity contribution in [2.75, 3.05) is 26.8 Å². The maximum atomic E-state index is 13.3. The fraction of sp³-hybridized carbons (Fsp3) is 0.400. The molecule has 0 aliphatic rings. The van der Waals surface area contributed by atoms with Crippen molar-refractivity contribution >= 4 is 0 Å². The average Bonchev–Trinajstić information content (AvgIpc) is 2.61. The minimum absolute atomic E-state index is 0.234. The number of ether oxygens (including phenoxy) is 2. The Morgan fingerprint density at radius 3 is 2.68 bits per heavy atom. The molecule has 0 heterocycles. The van der Waals surface area contributed by atoms with Crippen LogP contribution in [0.1, 0.15) is 18.1 Å². The molecule has 2 aromatic carbocycles. The molecule has 0 radical (unpaired) electrons. The van der Waals surface area contributed by atoms with E-state index in [2.05, 4.69) is 4.90 Å². The van der Waals surface area contributed by atoms with Crippen LogP contribution in [-0.4, -0.2) is 42.9 Å². The van der Waals surface area contributed by atoms with Crippen LogP contribution in [0.5, 0.6) is 5.75 Å². The van der Waals surface area contributed by atoms with Gasteiger partial charge in [-0.25, -0.2) is 4.39 Å². The first-order valence-corrected chi connectivity index (χ1v) is 8.47. The Kier molecular flexibility index (Phi) is 7.85. The number of aliphatic hydroxyl groups is 1. The van der Waals surface area contributed by atoms with Gasteiger partial charge in [0.25, 0.3) is 0 Å². The Balaban J connectivity index is 1.78. The predicted octanol–water partition coefficient (Wildman–Crippen LogP) is 3.23. The number of hydrogen-bond acceptors (Lipinski definition) is 4. The van der Waals surface area contributed by atoms with E-state index in [0.29, 0.717) is 19.7 Å². The normalized spacial score (nSPS) is 12.4. The van der Waals surface area contributed by atoms with Crippen LogP contribution in [-0.2, 0) is 17.9 Å². The van der Waals surface area contributed by atoms with Crippen molar-refractivity contribution in [3.8, 4) is 5.75 Å². The number of halogens is 1.